The average Bonchev–Trinajstić information content (AvgIpc) is 3.71. The Bertz CT molecular complexity index is 2040. The molecule has 5 N–H and O–H groups in total. The molecular formula is C39H44F5N7O7. The van der Waals surface area contributed by atoms with Gasteiger partial charge >= 0.3 is 12.1 Å². The summed E-state index contributed by atoms with van der Waals surface area (Å²) in [5, 5.41) is 12.6. The van der Waals surface area contributed by atoms with E-state index < -0.39 is 70.4 Å². The minimum Gasteiger partial charge on any atom is -0.475 e. The number of nitrogens with two attached hydrogens (primary N) is 1. The Hall–Kier alpha value is -5.98. The lowest BCUT2D eigenvalue weighted by molar-refractivity contribution is -0.192. The summed E-state index contributed by atoms with van der Waals surface area (Å²) in [6.45, 7) is 7.63. The fraction of sp³-hybridized carbons (Fsp3) is 0.410. The highest BCUT2D eigenvalue weighted by Gasteiger charge is 2.51. The Morgan fingerprint density at radius 1 is 1.00 bits per heavy atom. The number of rotatable bonds is 14. The number of aliphatic carboxylic acids is 1. The number of carbonyl (C=O) groups is 6. The van der Waals surface area contributed by atoms with Crippen molar-refractivity contribution < 1.29 is 55.8 Å². The van der Waals surface area contributed by atoms with Crippen molar-refractivity contribution >= 4 is 35.5 Å². The van der Waals surface area contributed by atoms with Crippen LogP contribution in [-0.2, 0) is 35.3 Å². The van der Waals surface area contributed by atoms with Crippen LogP contribution in [-0.4, -0.2) is 97.4 Å². The summed E-state index contributed by atoms with van der Waals surface area (Å²) in [5.41, 5.74) is 5.68. The van der Waals surface area contributed by atoms with Gasteiger partial charge in [0.15, 0.2) is 0 Å². The van der Waals surface area contributed by atoms with Crippen LogP contribution < -0.4 is 16.4 Å². The maximum absolute atomic E-state index is 15.0. The first-order valence-corrected chi connectivity index (χ1v) is 18.1. The van der Waals surface area contributed by atoms with E-state index in [1.165, 1.54) is 6.92 Å². The van der Waals surface area contributed by atoms with E-state index in [2.05, 4.69) is 10.6 Å². The highest BCUT2D eigenvalue weighted by molar-refractivity contribution is 6.12. The second kappa shape index (κ2) is 18.1. The summed E-state index contributed by atoms with van der Waals surface area (Å²) in [6, 6.07) is 10.9. The van der Waals surface area contributed by atoms with Gasteiger partial charge in [-0.1, -0.05) is 51.1 Å². The van der Waals surface area contributed by atoms with Gasteiger partial charge in [0, 0.05) is 57.0 Å². The second-order valence-corrected chi connectivity index (χ2v) is 14.9. The van der Waals surface area contributed by atoms with Gasteiger partial charge in [0.2, 0.25) is 17.7 Å². The van der Waals surface area contributed by atoms with Gasteiger partial charge in [0.25, 0.3) is 11.8 Å². The van der Waals surface area contributed by atoms with Gasteiger partial charge in [-0.05, 0) is 48.4 Å². The average molecular weight is 818 g/mol. The molecule has 1 fully saturated rings. The molecule has 0 saturated heterocycles. The number of amides is 5. The number of carbonyl (C=O) groups excluding carboxylic acids is 5. The largest absolute Gasteiger partial charge is 0.490 e. The molecule has 2 aliphatic rings. The number of carboxylic acids is 1. The molecule has 19 heteroatoms. The number of imidazole rings is 1. The van der Waals surface area contributed by atoms with Crippen LogP contribution in [0.4, 0.5) is 22.0 Å². The highest BCUT2D eigenvalue weighted by Crippen LogP contribution is 2.40. The Balaban J connectivity index is 0.000000973. The summed E-state index contributed by atoms with van der Waals surface area (Å²) in [4.78, 5) is 79.4. The monoisotopic (exact) mass is 817 g/mol. The number of halogens is 5. The molecule has 312 valence electrons. The lowest BCUT2D eigenvalue weighted by atomic mass is 9.84. The van der Waals surface area contributed by atoms with Crippen LogP contribution in [0.2, 0.25) is 0 Å². The molecule has 2 aromatic carbocycles. The molecular weight excluding hydrogens is 773 g/mol. The van der Waals surface area contributed by atoms with E-state index in [0.29, 0.717) is 25.2 Å². The normalized spacial score (nSPS) is 15.6. The molecule has 0 radical (unpaired) electrons. The zero-order valence-corrected chi connectivity index (χ0v) is 32.1. The fourth-order valence-electron chi connectivity index (χ4n) is 6.21. The smallest absolute Gasteiger partial charge is 0.475 e. The zero-order chi connectivity index (χ0) is 43.2. The molecule has 1 saturated carbocycles. The lowest BCUT2D eigenvalue weighted by Crippen LogP contribution is -2.55. The number of alkyl halides is 3. The molecule has 1 aliphatic heterocycles. The van der Waals surface area contributed by atoms with Gasteiger partial charge in [-0.3, -0.25) is 28.9 Å². The van der Waals surface area contributed by atoms with E-state index in [4.69, 9.17) is 20.6 Å². The van der Waals surface area contributed by atoms with Crippen molar-refractivity contribution in [3.8, 4) is 11.3 Å². The summed E-state index contributed by atoms with van der Waals surface area (Å²) in [5.74, 6) is -5.80. The van der Waals surface area contributed by atoms with E-state index in [-0.39, 0.29) is 43.2 Å². The number of imide groups is 1. The molecule has 2 unspecified atom stereocenters. The number of hydrogen-bond donors (Lipinski definition) is 4. The van der Waals surface area contributed by atoms with Gasteiger partial charge in [0.05, 0.1) is 17.8 Å². The predicted octanol–water partition coefficient (Wildman–Crippen LogP) is 3.85. The van der Waals surface area contributed by atoms with Crippen molar-refractivity contribution in [3.05, 3.63) is 89.9 Å². The second-order valence-electron chi connectivity index (χ2n) is 14.9. The molecule has 5 amide bonds. The van der Waals surface area contributed by atoms with E-state index in [1.54, 1.807) is 11.1 Å². The molecule has 2 heterocycles. The van der Waals surface area contributed by atoms with Gasteiger partial charge in [-0.25, -0.2) is 18.6 Å². The third kappa shape index (κ3) is 11.3. The van der Waals surface area contributed by atoms with Crippen LogP contribution in [0, 0.1) is 17.0 Å². The van der Waals surface area contributed by atoms with Crippen molar-refractivity contribution in [2.75, 3.05) is 19.6 Å². The SMILES string of the molecule is CC(=O)N(CCC(N)C(=O)NC1(C(=O)NCCN2C(=O)C=CC2=O)CC1)C(c1nc(-c2cc(F)ccc2F)cn1Cc1ccccc1)C(C)(C)C.O=C(O)C(F)(F)F. The Morgan fingerprint density at radius 2 is 1.60 bits per heavy atom. The molecule has 3 aromatic rings. The van der Waals surface area contributed by atoms with Crippen LogP contribution in [0.3, 0.4) is 0 Å². The van der Waals surface area contributed by atoms with E-state index in [9.17, 15) is 45.9 Å². The third-order valence-electron chi connectivity index (χ3n) is 9.32. The predicted molar refractivity (Wildman–Crippen MR) is 198 cm³/mol. The summed E-state index contributed by atoms with van der Waals surface area (Å²) >= 11 is 0. The van der Waals surface area contributed by atoms with Gasteiger partial charge in [-0.15, -0.1) is 0 Å². The lowest BCUT2D eigenvalue weighted by Gasteiger charge is -2.40. The summed E-state index contributed by atoms with van der Waals surface area (Å²) < 4.78 is 62.8. The van der Waals surface area contributed by atoms with Crippen molar-refractivity contribution in [2.45, 2.75) is 77.3 Å². The van der Waals surface area contributed by atoms with Crippen LogP contribution in [0.5, 0.6) is 0 Å². The van der Waals surface area contributed by atoms with Crippen molar-refractivity contribution in [3.63, 3.8) is 0 Å². The number of hydrogen-bond acceptors (Lipinski definition) is 8. The maximum Gasteiger partial charge on any atom is 0.490 e. The van der Waals surface area contributed by atoms with Gasteiger partial charge in [0.1, 0.15) is 23.0 Å². The van der Waals surface area contributed by atoms with Crippen molar-refractivity contribution in [1.82, 2.24) is 30.0 Å². The van der Waals surface area contributed by atoms with Gasteiger partial charge < -0.3 is 30.9 Å². The van der Waals surface area contributed by atoms with E-state index >= 15 is 0 Å². The van der Waals surface area contributed by atoms with Crippen molar-refractivity contribution in [1.29, 1.82) is 0 Å². The van der Waals surface area contributed by atoms with Crippen LogP contribution >= 0.6 is 0 Å². The number of carboxylic acid groups (broad SMARTS) is 1. The van der Waals surface area contributed by atoms with E-state index in [1.807, 2.05) is 55.7 Å². The fourth-order valence-corrected chi connectivity index (χ4v) is 6.21. The minimum atomic E-state index is -5.08. The first kappa shape index (κ1) is 44.7. The Morgan fingerprint density at radius 3 is 2.14 bits per heavy atom. The minimum absolute atomic E-state index is 0.00195. The van der Waals surface area contributed by atoms with Gasteiger partial charge in [-0.2, -0.15) is 13.2 Å². The number of nitrogens with zero attached hydrogens (tertiary/aromatic N) is 4. The van der Waals surface area contributed by atoms with Crippen molar-refractivity contribution in [2.24, 2.45) is 11.1 Å². The molecule has 1 aromatic heterocycles. The molecule has 14 nitrogen and oxygen atoms in total. The number of aromatic nitrogens is 2. The zero-order valence-electron chi connectivity index (χ0n) is 32.1. The number of nitrogens with one attached hydrogen (secondary N) is 2. The maximum atomic E-state index is 15.0. The molecule has 1 aliphatic carbocycles. The topological polar surface area (TPSA) is 197 Å². The molecule has 0 spiro atoms. The molecule has 58 heavy (non-hydrogen) atoms. The Labute approximate surface area is 330 Å². The van der Waals surface area contributed by atoms with Crippen LogP contribution in [0.15, 0.2) is 66.9 Å². The van der Waals surface area contributed by atoms with Crippen LogP contribution in [0.25, 0.3) is 11.3 Å². The highest BCUT2D eigenvalue weighted by atomic mass is 19.4. The molecule has 0 bridgehead atoms. The first-order valence-electron chi connectivity index (χ1n) is 18.1. The standard InChI is InChI=1S/C37H43F2N7O5.C2HF3O2/c1-23(47)45(18-14-28(40)34(50)43-37(15-16-37)35(51)41-17-19-46-30(48)12-13-31(46)49)32(36(2,3)4)33-42-29(26-20-25(38)10-11-27(26)39)22-44(33)21-24-8-6-5-7-9-24;3-2(4,5)1(6)7/h5-13,20,22,28,32H,14-19,21,40H2,1-4H3,(H,41,51)(H,43,50);(H,6,7). The molecule has 5 rings (SSSR count). The van der Waals surface area contributed by atoms with Crippen LogP contribution in [0.1, 0.15) is 64.4 Å². The first-order chi connectivity index (χ1) is 27.0. The summed E-state index contributed by atoms with van der Waals surface area (Å²) in [7, 11) is 0. The molecule has 2 atom stereocenters. The number of benzene rings is 2. The third-order valence-corrected chi connectivity index (χ3v) is 9.32. The Kier molecular flexibility index (Phi) is 13.9. The van der Waals surface area contributed by atoms with E-state index in [0.717, 1.165) is 40.8 Å². The quantitative estimate of drug-likeness (QED) is 0.138. The summed E-state index contributed by atoms with van der Waals surface area (Å²) in [6.07, 6.45) is -0.277.